The lowest BCUT2D eigenvalue weighted by molar-refractivity contribution is 0.173. The lowest BCUT2D eigenvalue weighted by atomic mass is 10.2. The highest BCUT2D eigenvalue weighted by atomic mass is 19.1. The van der Waals surface area contributed by atoms with Crippen LogP contribution in [0.15, 0.2) is 61.8 Å². The average Bonchev–Trinajstić information content (AvgIpc) is 3.44. The van der Waals surface area contributed by atoms with Crippen molar-refractivity contribution in [2.24, 2.45) is 0 Å². The van der Waals surface area contributed by atoms with Crippen LogP contribution in [0.4, 0.5) is 16.3 Å². The number of pyridine rings is 1. The van der Waals surface area contributed by atoms with Gasteiger partial charge in [0.05, 0.1) is 25.0 Å². The van der Waals surface area contributed by atoms with Gasteiger partial charge in [0.1, 0.15) is 12.1 Å². The molecule has 0 radical (unpaired) electrons. The predicted molar refractivity (Wildman–Crippen MR) is 130 cm³/mol. The minimum Gasteiger partial charge on any atom is -0.382 e. The fourth-order valence-electron chi connectivity index (χ4n) is 3.91. The van der Waals surface area contributed by atoms with Gasteiger partial charge in [-0.15, -0.1) is 0 Å². The molecule has 0 aromatic carbocycles. The largest absolute Gasteiger partial charge is 0.382 e. The van der Waals surface area contributed by atoms with Gasteiger partial charge >= 0.3 is 0 Å². The SMILES string of the molecule is COC[C@H]1CN(c2ncc(/C=C/c3ccc(-n4ccnc4)nc3)cn2)CCN1c1ncc(F)cn1. The lowest BCUT2D eigenvalue weighted by Gasteiger charge is -2.41. The minimum atomic E-state index is -0.457. The van der Waals surface area contributed by atoms with E-state index in [-0.39, 0.29) is 6.04 Å². The standard InChI is InChI=1S/C24H24FN9O/c1-35-16-21-15-32(8-9-34(21)24-30-13-20(25)14-31-24)23-28-11-19(12-29-23)3-2-18-4-5-22(27-10-18)33-7-6-26-17-33/h2-7,10-14,17,21H,8-9,15-16H2,1H3/b3-2+/t21-/m1/s1. The first-order valence-electron chi connectivity index (χ1n) is 11.1. The maximum atomic E-state index is 13.2. The van der Waals surface area contributed by atoms with Crippen LogP contribution in [0, 0.1) is 5.82 Å². The van der Waals surface area contributed by atoms with E-state index in [1.165, 1.54) is 12.4 Å². The second-order valence-corrected chi connectivity index (χ2v) is 8.02. The van der Waals surface area contributed by atoms with E-state index in [1.807, 2.05) is 39.9 Å². The normalized spacial score (nSPS) is 16.2. The van der Waals surface area contributed by atoms with Crippen LogP contribution in [0.3, 0.4) is 0 Å². The van der Waals surface area contributed by atoms with E-state index in [4.69, 9.17) is 4.74 Å². The Kier molecular flexibility index (Phi) is 6.66. The third-order valence-electron chi connectivity index (χ3n) is 5.65. The van der Waals surface area contributed by atoms with Crippen molar-refractivity contribution in [3.05, 3.63) is 78.8 Å². The molecule has 1 aliphatic heterocycles. The quantitative estimate of drug-likeness (QED) is 0.401. The van der Waals surface area contributed by atoms with E-state index >= 15 is 0 Å². The number of hydrogen-bond donors (Lipinski definition) is 0. The van der Waals surface area contributed by atoms with Gasteiger partial charge in [0.2, 0.25) is 11.9 Å². The van der Waals surface area contributed by atoms with Crippen molar-refractivity contribution in [3.8, 4) is 5.82 Å². The Morgan fingerprint density at radius 2 is 1.69 bits per heavy atom. The summed E-state index contributed by atoms with van der Waals surface area (Å²) in [6.45, 7) is 2.45. The number of halogens is 1. The molecule has 1 saturated heterocycles. The first kappa shape index (κ1) is 22.5. The summed E-state index contributed by atoms with van der Waals surface area (Å²) in [6, 6.07) is 3.92. The molecule has 0 bridgehead atoms. The Balaban J connectivity index is 1.23. The van der Waals surface area contributed by atoms with Gasteiger partial charge in [0.15, 0.2) is 5.82 Å². The van der Waals surface area contributed by atoms with Crippen molar-refractivity contribution in [1.29, 1.82) is 0 Å². The van der Waals surface area contributed by atoms with Crippen molar-refractivity contribution >= 4 is 24.0 Å². The molecule has 4 aromatic heterocycles. The van der Waals surface area contributed by atoms with Gasteiger partial charge in [0, 0.05) is 63.3 Å². The summed E-state index contributed by atoms with van der Waals surface area (Å²) >= 11 is 0. The van der Waals surface area contributed by atoms with Gasteiger partial charge in [0.25, 0.3) is 0 Å². The highest BCUT2D eigenvalue weighted by Gasteiger charge is 2.30. The van der Waals surface area contributed by atoms with Crippen LogP contribution >= 0.6 is 0 Å². The minimum absolute atomic E-state index is 0.0137. The Hall–Kier alpha value is -4.25. The van der Waals surface area contributed by atoms with Crippen molar-refractivity contribution < 1.29 is 9.13 Å². The zero-order chi connectivity index (χ0) is 24.0. The topological polar surface area (TPSA) is 98.0 Å². The van der Waals surface area contributed by atoms with Gasteiger partial charge in [-0.25, -0.2) is 34.3 Å². The van der Waals surface area contributed by atoms with Crippen LogP contribution in [-0.2, 0) is 4.74 Å². The van der Waals surface area contributed by atoms with Crippen LogP contribution in [0.2, 0.25) is 0 Å². The maximum absolute atomic E-state index is 13.2. The van der Waals surface area contributed by atoms with E-state index in [0.29, 0.717) is 38.1 Å². The number of piperazine rings is 1. The van der Waals surface area contributed by atoms with E-state index in [0.717, 1.165) is 16.9 Å². The third kappa shape index (κ3) is 5.30. The molecule has 0 amide bonds. The van der Waals surface area contributed by atoms with E-state index in [1.54, 1.807) is 38.2 Å². The summed E-state index contributed by atoms with van der Waals surface area (Å²) in [5, 5.41) is 0. The molecule has 1 atom stereocenters. The monoisotopic (exact) mass is 473 g/mol. The zero-order valence-electron chi connectivity index (χ0n) is 19.1. The number of rotatable bonds is 7. The van der Waals surface area contributed by atoms with Crippen LogP contribution in [0.1, 0.15) is 11.1 Å². The predicted octanol–water partition coefficient (Wildman–Crippen LogP) is 2.50. The summed E-state index contributed by atoms with van der Waals surface area (Å²) in [6.07, 6.45) is 17.0. The highest BCUT2D eigenvalue weighted by Crippen LogP contribution is 2.20. The van der Waals surface area contributed by atoms with Crippen molar-refractivity contribution in [2.75, 3.05) is 43.2 Å². The molecule has 35 heavy (non-hydrogen) atoms. The van der Waals surface area contributed by atoms with Gasteiger partial charge in [-0.05, 0) is 17.7 Å². The molecule has 0 saturated carbocycles. The number of aromatic nitrogens is 7. The Labute approximate surface area is 201 Å². The molecule has 178 valence electrons. The summed E-state index contributed by atoms with van der Waals surface area (Å²) in [5.74, 6) is 1.49. The van der Waals surface area contributed by atoms with Crippen LogP contribution in [0.5, 0.6) is 0 Å². The van der Waals surface area contributed by atoms with E-state index in [9.17, 15) is 4.39 Å². The van der Waals surface area contributed by atoms with E-state index < -0.39 is 5.82 Å². The second kappa shape index (κ2) is 10.3. The number of anilines is 2. The van der Waals surface area contributed by atoms with Crippen molar-refractivity contribution in [3.63, 3.8) is 0 Å². The van der Waals surface area contributed by atoms with Crippen LogP contribution in [0.25, 0.3) is 18.0 Å². The zero-order valence-corrected chi connectivity index (χ0v) is 19.1. The summed E-state index contributed by atoms with van der Waals surface area (Å²) in [4.78, 5) is 30.0. The molecule has 1 aliphatic rings. The molecule has 0 N–H and O–H groups in total. The van der Waals surface area contributed by atoms with Crippen molar-refractivity contribution in [1.82, 2.24) is 34.5 Å². The summed E-state index contributed by atoms with van der Waals surface area (Å²) in [5.41, 5.74) is 1.86. The van der Waals surface area contributed by atoms with Gasteiger partial charge in [-0.2, -0.15) is 0 Å². The summed E-state index contributed by atoms with van der Waals surface area (Å²) < 4.78 is 20.5. The Morgan fingerprint density at radius 1 is 0.943 bits per heavy atom. The molecule has 0 aliphatic carbocycles. The third-order valence-corrected chi connectivity index (χ3v) is 5.65. The fraction of sp³-hybridized carbons (Fsp3) is 0.250. The van der Waals surface area contributed by atoms with Crippen LogP contribution < -0.4 is 9.80 Å². The highest BCUT2D eigenvalue weighted by molar-refractivity contribution is 5.68. The molecular weight excluding hydrogens is 449 g/mol. The number of ether oxygens (including phenoxy) is 1. The summed E-state index contributed by atoms with van der Waals surface area (Å²) in [7, 11) is 1.65. The average molecular weight is 474 g/mol. The van der Waals surface area contributed by atoms with E-state index in [2.05, 4.69) is 34.8 Å². The molecular formula is C24H24FN9O. The van der Waals surface area contributed by atoms with Crippen LogP contribution in [-0.4, -0.2) is 73.9 Å². The number of methoxy groups -OCH3 is 1. The maximum Gasteiger partial charge on any atom is 0.225 e. The molecule has 0 unspecified atom stereocenters. The number of imidazole rings is 1. The molecule has 10 nitrogen and oxygen atoms in total. The molecule has 5 heterocycles. The number of nitrogens with zero attached hydrogens (tertiary/aromatic N) is 9. The van der Waals surface area contributed by atoms with Gasteiger partial charge in [-0.3, -0.25) is 4.57 Å². The van der Waals surface area contributed by atoms with Gasteiger partial charge in [-0.1, -0.05) is 12.2 Å². The molecule has 5 rings (SSSR count). The molecule has 11 heteroatoms. The molecule has 0 spiro atoms. The molecule has 4 aromatic rings. The number of hydrogen-bond acceptors (Lipinski definition) is 9. The first-order valence-corrected chi connectivity index (χ1v) is 11.1. The molecule has 1 fully saturated rings. The van der Waals surface area contributed by atoms with Crippen molar-refractivity contribution in [2.45, 2.75) is 6.04 Å². The Bertz CT molecular complexity index is 1250. The Morgan fingerprint density at radius 3 is 2.37 bits per heavy atom. The fourth-order valence-corrected chi connectivity index (χ4v) is 3.91. The second-order valence-electron chi connectivity index (χ2n) is 8.02. The smallest absolute Gasteiger partial charge is 0.225 e. The van der Waals surface area contributed by atoms with Gasteiger partial charge < -0.3 is 14.5 Å². The first-order chi connectivity index (χ1) is 17.2. The lowest BCUT2D eigenvalue weighted by Crippen LogP contribution is -2.56.